The molecule has 0 amide bonds. The molecule has 0 bridgehead atoms. The molecule has 0 aliphatic heterocycles. The lowest BCUT2D eigenvalue weighted by atomic mass is 10.2. The third-order valence-corrected chi connectivity index (χ3v) is 2.05. The average Bonchev–Trinajstić information content (AvgIpc) is 2.21. The summed E-state index contributed by atoms with van der Waals surface area (Å²) in [5, 5.41) is 9.92. The lowest BCUT2D eigenvalue weighted by molar-refractivity contribution is -0.0447. The second-order valence-corrected chi connectivity index (χ2v) is 3.41. The second kappa shape index (κ2) is 12.9. The van der Waals surface area contributed by atoms with Crippen molar-refractivity contribution in [1.29, 1.82) is 0 Å². The largest absolute Gasteiger partial charge is 0.381 e. The lowest BCUT2D eigenvalue weighted by Gasteiger charge is -2.03. The van der Waals surface area contributed by atoms with Crippen LogP contribution in [0.2, 0.25) is 0 Å². The molecule has 0 heterocycles. The Balaban J connectivity index is 2.78. The minimum atomic E-state index is -0.403. The van der Waals surface area contributed by atoms with Crippen LogP contribution in [0.25, 0.3) is 0 Å². The first-order valence-electron chi connectivity index (χ1n) is 5.65. The summed E-state index contributed by atoms with van der Waals surface area (Å²) in [6, 6.07) is 0. The molecule has 0 spiro atoms. The van der Waals surface area contributed by atoms with E-state index in [1.165, 1.54) is 12.8 Å². The predicted molar refractivity (Wildman–Crippen MR) is 55.7 cm³/mol. The van der Waals surface area contributed by atoms with Crippen molar-refractivity contribution in [3.63, 3.8) is 0 Å². The summed E-state index contributed by atoms with van der Waals surface area (Å²) in [5.41, 5.74) is 0. The van der Waals surface area contributed by atoms with E-state index < -0.39 is 6.79 Å². The van der Waals surface area contributed by atoms with E-state index in [0.717, 1.165) is 38.9 Å². The zero-order valence-electron chi connectivity index (χ0n) is 9.30. The summed E-state index contributed by atoms with van der Waals surface area (Å²) in [4.78, 5) is 0. The normalized spacial score (nSPS) is 10.7. The van der Waals surface area contributed by atoms with E-state index in [1.807, 2.05) is 0 Å². The molecule has 0 aromatic carbocycles. The molecular weight excluding hydrogens is 180 g/mol. The summed E-state index contributed by atoms with van der Waals surface area (Å²) in [6.07, 6.45) is 6.80. The highest BCUT2D eigenvalue weighted by Gasteiger charge is 1.91. The van der Waals surface area contributed by atoms with Crippen molar-refractivity contribution in [3.05, 3.63) is 0 Å². The Morgan fingerprint density at radius 3 is 1.93 bits per heavy atom. The first-order chi connectivity index (χ1) is 6.91. The molecule has 0 unspecified atom stereocenters. The summed E-state index contributed by atoms with van der Waals surface area (Å²) in [6.45, 7) is 4.15. The molecule has 0 saturated heterocycles. The van der Waals surface area contributed by atoms with Crippen molar-refractivity contribution in [2.75, 3.05) is 26.6 Å². The number of hydrogen-bond donors (Lipinski definition) is 0. The smallest absolute Gasteiger partial charge is 0.180 e. The monoisotopic (exact) mass is 203 g/mol. The minimum absolute atomic E-state index is 0.403. The molecule has 0 aromatic heterocycles. The van der Waals surface area contributed by atoms with Gasteiger partial charge in [-0.1, -0.05) is 26.2 Å². The SMILES string of the molecule is CCCCOCCCCCCOC[O]. The van der Waals surface area contributed by atoms with E-state index >= 15 is 0 Å². The Kier molecular flexibility index (Phi) is 12.8. The lowest BCUT2D eigenvalue weighted by Crippen LogP contribution is -1.98. The maximum absolute atomic E-state index is 9.92. The Bertz CT molecular complexity index is 84.5. The Morgan fingerprint density at radius 1 is 0.786 bits per heavy atom. The standard InChI is InChI=1S/C11H23O3/c1-2-3-8-13-9-6-4-5-7-10-14-11-12/h2-11H2,1H3. The third-order valence-electron chi connectivity index (χ3n) is 2.05. The van der Waals surface area contributed by atoms with Gasteiger partial charge in [-0.25, -0.2) is 5.11 Å². The van der Waals surface area contributed by atoms with Gasteiger partial charge >= 0.3 is 0 Å². The zero-order valence-corrected chi connectivity index (χ0v) is 9.30. The molecular formula is C11H23O3. The van der Waals surface area contributed by atoms with Crippen molar-refractivity contribution in [2.24, 2.45) is 0 Å². The first-order valence-corrected chi connectivity index (χ1v) is 5.65. The van der Waals surface area contributed by atoms with E-state index in [2.05, 4.69) is 6.92 Å². The van der Waals surface area contributed by atoms with Gasteiger partial charge in [0.1, 0.15) is 0 Å². The number of rotatable bonds is 11. The van der Waals surface area contributed by atoms with Crippen LogP contribution in [0, 0.1) is 0 Å². The van der Waals surface area contributed by atoms with Crippen LogP contribution in [0.1, 0.15) is 45.4 Å². The molecule has 0 N–H and O–H groups in total. The molecule has 3 heteroatoms. The fourth-order valence-electron chi connectivity index (χ4n) is 1.17. The summed E-state index contributed by atoms with van der Waals surface area (Å²) < 4.78 is 10.1. The van der Waals surface area contributed by atoms with Crippen molar-refractivity contribution < 1.29 is 14.6 Å². The number of hydrogen-bond acceptors (Lipinski definition) is 2. The third kappa shape index (κ3) is 11.9. The van der Waals surface area contributed by atoms with Gasteiger partial charge in [0.15, 0.2) is 6.79 Å². The fourth-order valence-corrected chi connectivity index (χ4v) is 1.17. The maximum atomic E-state index is 9.92. The first kappa shape index (κ1) is 13.9. The van der Waals surface area contributed by atoms with Crippen LogP contribution in [0.5, 0.6) is 0 Å². The zero-order chi connectivity index (χ0) is 10.5. The predicted octanol–water partition coefficient (Wildman–Crippen LogP) is 2.77. The molecule has 0 atom stereocenters. The summed E-state index contributed by atoms with van der Waals surface area (Å²) in [7, 11) is 0. The second-order valence-electron chi connectivity index (χ2n) is 3.41. The van der Waals surface area contributed by atoms with Crippen LogP contribution < -0.4 is 0 Å². The molecule has 0 rings (SSSR count). The quantitative estimate of drug-likeness (QED) is 0.382. The number of ether oxygens (including phenoxy) is 2. The molecule has 85 valence electrons. The number of unbranched alkanes of at least 4 members (excludes halogenated alkanes) is 4. The van der Waals surface area contributed by atoms with Crippen LogP contribution >= 0.6 is 0 Å². The highest BCUT2D eigenvalue weighted by molar-refractivity contribution is 4.42. The van der Waals surface area contributed by atoms with Gasteiger partial charge in [0.2, 0.25) is 0 Å². The molecule has 0 aliphatic rings. The molecule has 0 saturated carbocycles. The van der Waals surface area contributed by atoms with Crippen LogP contribution in [0.15, 0.2) is 0 Å². The van der Waals surface area contributed by atoms with Gasteiger partial charge in [-0.2, -0.15) is 0 Å². The fraction of sp³-hybridized carbons (Fsp3) is 1.00. The van der Waals surface area contributed by atoms with Gasteiger partial charge in [0, 0.05) is 19.8 Å². The molecule has 3 nitrogen and oxygen atoms in total. The van der Waals surface area contributed by atoms with Crippen molar-refractivity contribution in [2.45, 2.75) is 45.4 Å². The van der Waals surface area contributed by atoms with Gasteiger partial charge in [0.05, 0.1) is 0 Å². The van der Waals surface area contributed by atoms with Crippen LogP contribution in [-0.2, 0) is 14.6 Å². The Labute approximate surface area is 87.4 Å². The van der Waals surface area contributed by atoms with E-state index in [9.17, 15) is 5.11 Å². The van der Waals surface area contributed by atoms with Gasteiger partial charge in [0.25, 0.3) is 0 Å². The molecule has 14 heavy (non-hydrogen) atoms. The van der Waals surface area contributed by atoms with Crippen molar-refractivity contribution in [1.82, 2.24) is 0 Å². The van der Waals surface area contributed by atoms with E-state index in [0.29, 0.717) is 6.61 Å². The molecule has 0 aromatic rings. The summed E-state index contributed by atoms with van der Waals surface area (Å²) >= 11 is 0. The topological polar surface area (TPSA) is 38.4 Å². The Hall–Kier alpha value is -0.120. The van der Waals surface area contributed by atoms with Crippen LogP contribution in [0.4, 0.5) is 0 Å². The van der Waals surface area contributed by atoms with Crippen LogP contribution in [0.3, 0.4) is 0 Å². The maximum Gasteiger partial charge on any atom is 0.180 e. The highest BCUT2D eigenvalue weighted by atomic mass is 16.6. The molecule has 1 radical (unpaired) electrons. The summed E-state index contributed by atoms with van der Waals surface area (Å²) in [5.74, 6) is 0. The highest BCUT2D eigenvalue weighted by Crippen LogP contribution is 2.00. The van der Waals surface area contributed by atoms with Gasteiger partial charge < -0.3 is 9.47 Å². The van der Waals surface area contributed by atoms with E-state index in [4.69, 9.17) is 9.47 Å². The van der Waals surface area contributed by atoms with Gasteiger partial charge in [-0.15, -0.1) is 0 Å². The Morgan fingerprint density at radius 2 is 1.36 bits per heavy atom. The van der Waals surface area contributed by atoms with Gasteiger partial charge in [-0.3, -0.25) is 0 Å². The van der Waals surface area contributed by atoms with E-state index in [-0.39, 0.29) is 0 Å². The minimum Gasteiger partial charge on any atom is -0.381 e. The van der Waals surface area contributed by atoms with Crippen molar-refractivity contribution >= 4 is 0 Å². The van der Waals surface area contributed by atoms with Gasteiger partial charge in [-0.05, 0) is 19.3 Å². The van der Waals surface area contributed by atoms with E-state index in [1.54, 1.807) is 0 Å². The molecule has 0 aliphatic carbocycles. The molecule has 0 fully saturated rings. The average molecular weight is 203 g/mol. The van der Waals surface area contributed by atoms with Crippen molar-refractivity contribution in [3.8, 4) is 0 Å². The van der Waals surface area contributed by atoms with Crippen LogP contribution in [-0.4, -0.2) is 26.6 Å².